The van der Waals surface area contributed by atoms with E-state index in [1.807, 2.05) is 6.92 Å². The van der Waals surface area contributed by atoms with Crippen LogP contribution in [0.15, 0.2) is 0 Å². The summed E-state index contributed by atoms with van der Waals surface area (Å²) in [5.41, 5.74) is 0. The maximum absolute atomic E-state index is 10.7. The third-order valence-electron chi connectivity index (χ3n) is 2.75. The molecule has 16 heavy (non-hydrogen) atoms. The number of esters is 1. The highest BCUT2D eigenvalue weighted by atomic mass is 16.6. The molecule has 1 aliphatic rings. The quantitative estimate of drug-likeness (QED) is 0.678. The molecule has 0 saturated carbocycles. The highest BCUT2D eigenvalue weighted by Crippen LogP contribution is 2.21. The van der Waals surface area contributed by atoms with Crippen LogP contribution in [0.1, 0.15) is 33.1 Å². The number of hydrogen-bond donors (Lipinski definition) is 2. The summed E-state index contributed by atoms with van der Waals surface area (Å²) in [6, 6.07) is 0. The van der Waals surface area contributed by atoms with Crippen LogP contribution in [0.3, 0.4) is 0 Å². The molecule has 1 heterocycles. The fourth-order valence-electron chi connectivity index (χ4n) is 1.83. The molecular weight excluding hydrogens is 212 g/mol. The van der Waals surface area contributed by atoms with Gasteiger partial charge in [-0.05, 0) is 6.42 Å². The summed E-state index contributed by atoms with van der Waals surface area (Å²) in [6.07, 6.45) is -0.499. The van der Waals surface area contributed by atoms with Gasteiger partial charge in [-0.2, -0.15) is 0 Å². The van der Waals surface area contributed by atoms with Crippen LogP contribution in [0.4, 0.5) is 0 Å². The lowest BCUT2D eigenvalue weighted by Gasteiger charge is -2.37. The van der Waals surface area contributed by atoms with E-state index in [4.69, 9.17) is 9.47 Å². The smallest absolute Gasteiger partial charge is 0.303 e. The highest BCUT2D eigenvalue weighted by Gasteiger charge is 2.39. The van der Waals surface area contributed by atoms with Crippen molar-refractivity contribution >= 4 is 5.97 Å². The minimum atomic E-state index is -1.06. The van der Waals surface area contributed by atoms with Gasteiger partial charge in [-0.1, -0.05) is 19.8 Å². The van der Waals surface area contributed by atoms with Gasteiger partial charge in [0.1, 0.15) is 12.2 Å². The average Bonchev–Trinajstić information content (AvgIpc) is 2.23. The first-order chi connectivity index (χ1) is 7.56. The largest absolute Gasteiger partial charge is 0.457 e. The molecular formula is C11H20O5. The third kappa shape index (κ3) is 3.43. The number of unbranched alkanes of at least 4 members (excludes halogenated alkanes) is 1. The summed E-state index contributed by atoms with van der Waals surface area (Å²) < 4.78 is 10.2. The van der Waals surface area contributed by atoms with Crippen molar-refractivity contribution < 1.29 is 24.5 Å². The van der Waals surface area contributed by atoms with Crippen molar-refractivity contribution in [3.05, 3.63) is 0 Å². The maximum Gasteiger partial charge on any atom is 0.303 e. The van der Waals surface area contributed by atoms with Crippen LogP contribution in [0.5, 0.6) is 0 Å². The Morgan fingerprint density at radius 2 is 2.12 bits per heavy atom. The molecule has 0 aromatic heterocycles. The summed E-state index contributed by atoms with van der Waals surface area (Å²) in [7, 11) is 0. The number of carbonyl (C=O) groups is 1. The van der Waals surface area contributed by atoms with Crippen LogP contribution in [0, 0.1) is 0 Å². The van der Waals surface area contributed by atoms with E-state index in [2.05, 4.69) is 0 Å². The normalized spacial score (nSPS) is 34.8. The number of aliphatic hydroxyl groups is 2. The molecule has 1 fully saturated rings. The summed E-state index contributed by atoms with van der Waals surface area (Å²) in [4.78, 5) is 10.7. The molecule has 5 heteroatoms. The molecule has 1 aliphatic heterocycles. The number of rotatable bonds is 4. The first-order valence-electron chi connectivity index (χ1n) is 5.71. The molecule has 0 amide bonds. The number of aliphatic hydroxyl groups excluding tert-OH is 2. The molecule has 5 nitrogen and oxygen atoms in total. The van der Waals surface area contributed by atoms with E-state index in [-0.39, 0.29) is 12.7 Å². The van der Waals surface area contributed by atoms with E-state index in [0.29, 0.717) is 6.42 Å². The summed E-state index contributed by atoms with van der Waals surface area (Å²) >= 11 is 0. The van der Waals surface area contributed by atoms with E-state index in [9.17, 15) is 15.0 Å². The van der Waals surface area contributed by atoms with Crippen molar-refractivity contribution in [1.82, 2.24) is 0 Å². The Labute approximate surface area is 95.4 Å². The second kappa shape index (κ2) is 6.18. The summed E-state index contributed by atoms with van der Waals surface area (Å²) in [5, 5.41) is 19.5. The topological polar surface area (TPSA) is 76.0 Å². The van der Waals surface area contributed by atoms with Crippen molar-refractivity contribution in [2.45, 2.75) is 57.5 Å². The third-order valence-corrected chi connectivity index (χ3v) is 2.75. The van der Waals surface area contributed by atoms with Crippen LogP contribution in [0.2, 0.25) is 0 Å². The van der Waals surface area contributed by atoms with Crippen LogP contribution in [-0.4, -0.2) is 47.2 Å². The zero-order chi connectivity index (χ0) is 12.1. The van der Waals surface area contributed by atoms with Crippen LogP contribution >= 0.6 is 0 Å². The fraction of sp³-hybridized carbons (Fsp3) is 0.909. The standard InChI is InChI=1S/C11H20O5/c1-3-4-5-8-10(13)11(14)9(6-15-8)16-7(2)12/h8-11,13-14H,3-6H2,1-2H3/t8-,9-,10-,11+/m0/s1. The second-order valence-corrected chi connectivity index (χ2v) is 4.14. The Kier molecular flexibility index (Phi) is 5.18. The minimum Gasteiger partial charge on any atom is -0.457 e. The van der Waals surface area contributed by atoms with E-state index < -0.39 is 24.3 Å². The first kappa shape index (κ1) is 13.4. The molecule has 0 aliphatic carbocycles. The van der Waals surface area contributed by atoms with Gasteiger partial charge in [0.2, 0.25) is 0 Å². The van der Waals surface area contributed by atoms with Gasteiger partial charge in [-0.15, -0.1) is 0 Å². The highest BCUT2D eigenvalue weighted by molar-refractivity contribution is 5.66. The Bertz CT molecular complexity index is 230. The van der Waals surface area contributed by atoms with E-state index in [1.54, 1.807) is 0 Å². The molecule has 0 aromatic rings. The van der Waals surface area contributed by atoms with Crippen molar-refractivity contribution in [2.75, 3.05) is 6.61 Å². The van der Waals surface area contributed by atoms with Gasteiger partial charge in [0.15, 0.2) is 6.10 Å². The maximum atomic E-state index is 10.7. The van der Waals surface area contributed by atoms with Gasteiger partial charge >= 0.3 is 5.97 Å². The molecule has 0 unspecified atom stereocenters. The van der Waals surface area contributed by atoms with Crippen molar-refractivity contribution in [3.8, 4) is 0 Å². The molecule has 0 aromatic carbocycles. The first-order valence-corrected chi connectivity index (χ1v) is 5.71. The molecule has 0 radical (unpaired) electrons. The summed E-state index contributed by atoms with van der Waals surface area (Å²) in [6.45, 7) is 3.46. The Morgan fingerprint density at radius 1 is 1.44 bits per heavy atom. The van der Waals surface area contributed by atoms with Crippen molar-refractivity contribution in [1.29, 1.82) is 0 Å². The van der Waals surface area contributed by atoms with Crippen molar-refractivity contribution in [2.24, 2.45) is 0 Å². The molecule has 2 N–H and O–H groups in total. The SMILES string of the molecule is CCCC[C@@H]1OC[C@H](OC(C)=O)[C@@H](O)[C@H]1O. The molecule has 1 rings (SSSR count). The fourth-order valence-corrected chi connectivity index (χ4v) is 1.83. The molecule has 4 atom stereocenters. The molecule has 0 bridgehead atoms. The average molecular weight is 232 g/mol. The minimum absolute atomic E-state index is 0.145. The van der Waals surface area contributed by atoms with Gasteiger partial charge in [0, 0.05) is 6.92 Å². The number of carbonyl (C=O) groups excluding carboxylic acids is 1. The van der Waals surface area contributed by atoms with Gasteiger partial charge in [-0.3, -0.25) is 4.79 Å². The van der Waals surface area contributed by atoms with Gasteiger partial charge in [-0.25, -0.2) is 0 Å². The zero-order valence-electron chi connectivity index (χ0n) is 9.76. The predicted molar refractivity (Wildman–Crippen MR) is 56.8 cm³/mol. The zero-order valence-corrected chi connectivity index (χ0v) is 9.76. The van der Waals surface area contributed by atoms with Crippen LogP contribution in [-0.2, 0) is 14.3 Å². The van der Waals surface area contributed by atoms with E-state index >= 15 is 0 Å². The lowest BCUT2D eigenvalue weighted by molar-refractivity contribution is -0.205. The molecule has 0 spiro atoms. The Morgan fingerprint density at radius 3 is 2.69 bits per heavy atom. The molecule has 1 saturated heterocycles. The lowest BCUT2D eigenvalue weighted by atomic mass is 9.96. The van der Waals surface area contributed by atoms with Gasteiger partial charge in [0.25, 0.3) is 0 Å². The van der Waals surface area contributed by atoms with Crippen molar-refractivity contribution in [3.63, 3.8) is 0 Å². The summed E-state index contributed by atoms with van der Waals surface area (Å²) in [5.74, 6) is -0.480. The lowest BCUT2D eigenvalue weighted by Crippen LogP contribution is -2.54. The molecule has 94 valence electrons. The number of hydrogen-bond acceptors (Lipinski definition) is 5. The Hall–Kier alpha value is -0.650. The van der Waals surface area contributed by atoms with Gasteiger partial charge < -0.3 is 19.7 Å². The predicted octanol–water partition coefficient (Wildman–Crippen LogP) is 0.229. The van der Waals surface area contributed by atoms with Gasteiger partial charge in [0.05, 0.1) is 12.7 Å². The van der Waals surface area contributed by atoms with Crippen LogP contribution < -0.4 is 0 Å². The van der Waals surface area contributed by atoms with Crippen LogP contribution in [0.25, 0.3) is 0 Å². The second-order valence-electron chi connectivity index (χ2n) is 4.14. The monoisotopic (exact) mass is 232 g/mol. The van der Waals surface area contributed by atoms with E-state index in [0.717, 1.165) is 12.8 Å². The van der Waals surface area contributed by atoms with E-state index in [1.165, 1.54) is 6.92 Å². The number of ether oxygens (including phenoxy) is 2. The Balaban J connectivity index is 2.47.